The van der Waals surface area contributed by atoms with E-state index in [4.69, 9.17) is 4.74 Å². The Hall–Kier alpha value is -3.65. The molecule has 1 saturated carbocycles. The summed E-state index contributed by atoms with van der Waals surface area (Å²) in [6.07, 6.45) is 2.64. The second-order valence-electron chi connectivity index (χ2n) is 7.22. The number of anilines is 1. The van der Waals surface area contributed by atoms with Gasteiger partial charge in [-0.2, -0.15) is 10.3 Å². The molecule has 7 nitrogen and oxygen atoms in total. The van der Waals surface area contributed by atoms with Crippen molar-refractivity contribution in [2.75, 3.05) is 5.32 Å². The van der Waals surface area contributed by atoms with Gasteiger partial charge >= 0.3 is 0 Å². The highest BCUT2D eigenvalue weighted by molar-refractivity contribution is 6.05. The standard InChI is InChI=1S/C22H18FN5O2/c23-18-8-3-14(19-9-10-20-21(25-19)27-28-26-20)11-17(18)22(29)24-15-4-1-13(2-5-15)12-30-16-6-7-16/h1-5,8-11,16H,6-7,12H2,(H,24,29)(H,25,26,27,28). The van der Waals surface area contributed by atoms with E-state index in [1.165, 1.54) is 12.1 Å². The van der Waals surface area contributed by atoms with Crippen LogP contribution in [-0.2, 0) is 11.3 Å². The van der Waals surface area contributed by atoms with Gasteiger partial charge < -0.3 is 10.1 Å². The number of hydrogen-bond donors (Lipinski definition) is 2. The molecule has 1 amide bonds. The Labute approximate surface area is 171 Å². The van der Waals surface area contributed by atoms with Crippen molar-refractivity contribution in [3.63, 3.8) is 0 Å². The molecule has 0 saturated heterocycles. The smallest absolute Gasteiger partial charge is 0.258 e. The molecule has 2 aromatic carbocycles. The molecule has 0 radical (unpaired) electrons. The van der Waals surface area contributed by atoms with E-state index in [9.17, 15) is 9.18 Å². The third kappa shape index (κ3) is 3.90. The summed E-state index contributed by atoms with van der Waals surface area (Å²) in [5, 5.41) is 13.2. The van der Waals surface area contributed by atoms with Gasteiger partial charge in [-0.15, -0.1) is 5.10 Å². The molecule has 0 spiro atoms. The maximum absolute atomic E-state index is 14.4. The molecule has 0 atom stereocenters. The number of halogens is 1. The van der Waals surface area contributed by atoms with E-state index in [0.717, 1.165) is 18.4 Å². The summed E-state index contributed by atoms with van der Waals surface area (Å²) >= 11 is 0. The minimum Gasteiger partial charge on any atom is -0.374 e. The van der Waals surface area contributed by atoms with E-state index in [0.29, 0.717) is 40.8 Å². The summed E-state index contributed by atoms with van der Waals surface area (Å²) in [6, 6.07) is 15.2. The second kappa shape index (κ2) is 7.64. The Morgan fingerprint density at radius 2 is 1.93 bits per heavy atom. The molecule has 150 valence electrons. The molecule has 1 fully saturated rings. The minimum atomic E-state index is -0.604. The lowest BCUT2D eigenvalue weighted by molar-refractivity contribution is 0.102. The molecule has 0 unspecified atom stereocenters. The van der Waals surface area contributed by atoms with Crippen LogP contribution in [0.2, 0.25) is 0 Å². The number of nitrogens with zero attached hydrogens (tertiary/aromatic N) is 3. The average molecular weight is 403 g/mol. The van der Waals surface area contributed by atoms with Crippen molar-refractivity contribution in [3.05, 3.63) is 71.5 Å². The molecule has 1 aliphatic rings. The van der Waals surface area contributed by atoms with Crippen LogP contribution in [-0.4, -0.2) is 32.4 Å². The normalized spacial score (nSPS) is 13.5. The van der Waals surface area contributed by atoms with E-state index in [1.807, 2.05) is 12.1 Å². The van der Waals surface area contributed by atoms with Crippen LogP contribution >= 0.6 is 0 Å². The topological polar surface area (TPSA) is 92.8 Å². The number of H-pyrrole nitrogens is 1. The lowest BCUT2D eigenvalue weighted by atomic mass is 10.1. The molecular weight excluding hydrogens is 385 g/mol. The quantitative estimate of drug-likeness (QED) is 0.506. The van der Waals surface area contributed by atoms with Gasteiger partial charge in [0.05, 0.1) is 24.0 Å². The Morgan fingerprint density at radius 1 is 1.10 bits per heavy atom. The number of carbonyl (C=O) groups excluding carboxylic acids is 1. The predicted octanol–water partition coefficient (Wildman–Crippen LogP) is 4.09. The number of aromatic amines is 1. The molecule has 0 aliphatic heterocycles. The Balaban J connectivity index is 1.33. The average Bonchev–Trinajstić information content (AvgIpc) is 3.48. The first-order chi connectivity index (χ1) is 14.7. The highest BCUT2D eigenvalue weighted by atomic mass is 19.1. The molecule has 1 aliphatic carbocycles. The molecule has 30 heavy (non-hydrogen) atoms. The van der Waals surface area contributed by atoms with Crippen molar-refractivity contribution >= 4 is 22.8 Å². The van der Waals surface area contributed by atoms with Crippen molar-refractivity contribution in [1.29, 1.82) is 0 Å². The fraction of sp³-hybridized carbons (Fsp3) is 0.182. The molecular formula is C22H18FN5O2. The number of fused-ring (bicyclic) bond motifs is 1. The first-order valence-electron chi connectivity index (χ1n) is 9.65. The number of hydrogen-bond acceptors (Lipinski definition) is 5. The van der Waals surface area contributed by atoms with Crippen LogP contribution < -0.4 is 5.32 Å². The van der Waals surface area contributed by atoms with E-state index >= 15 is 0 Å². The van der Waals surface area contributed by atoms with Crippen LogP contribution in [0.25, 0.3) is 22.4 Å². The van der Waals surface area contributed by atoms with Gasteiger partial charge in [-0.3, -0.25) is 4.79 Å². The fourth-order valence-corrected chi connectivity index (χ4v) is 3.09. The van der Waals surface area contributed by atoms with Gasteiger partial charge in [0.2, 0.25) is 5.65 Å². The van der Waals surface area contributed by atoms with Gasteiger partial charge in [0.25, 0.3) is 5.91 Å². The zero-order chi connectivity index (χ0) is 20.5. The highest BCUT2D eigenvalue weighted by Gasteiger charge is 2.21. The van der Waals surface area contributed by atoms with Crippen LogP contribution in [0.5, 0.6) is 0 Å². The third-order valence-electron chi connectivity index (χ3n) is 4.91. The molecule has 8 heteroatoms. The minimum absolute atomic E-state index is 0.0595. The van der Waals surface area contributed by atoms with Crippen molar-refractivity contribution in [2.24, 2.45) is 0 Å². The Bertz CT molecular complexity index is 1220. The maximum Gasteiger partial charge on any atom is 0.258 e. The van der Waals surface area contributed by atoms with Crippen molar-refractivity contribution in [3.8, 4) is 11.3 Å². The van der Waals surface area contributed by atoms with Gasteiger partial charge in [0.15, 0.2) is 0 Å². The van der Waals surface area contributed by atoms with E-state index in [1.54, 1.807) is 30.3 Å². The zero-order valence-electron chi connectivity index (χ0n) is 15.9. The number of carbonyl (C=O) groups is 1. The number of nitrogens with one attached hydrogen (secondary N) is 2. The number of pyridine rings is 1. The SMILES string of the molecule is O=C(Nc1ccc(COC2CC2)cc1)c1cc(-c2ccc3n[nH]nc3n2)ccc1F. The summed E-state index contributed by atoms with van der Waals surface area (Å²) in [6.45, 7) is 0.554. The predicted molar refractivity (Wildman–Crippen MR) is 109 cm³/mol. The van der Waals surface area contributed by atoms with Gasteiger partial charge in [-0.1, -0.05) is 12.1 Å². The van der Waals surface area contributed by atoms with Gasteiger partial charge in [0.1, 0.15) is 11.3 Å². The second-order valence-corrected chi connectivity index (χ2v) is 7.22. The highest BCUT2D eigenvalue weighted by Crippen LogP contribution is 2.25. The summed E-state index contributed by atoms with van der Waals surface area (Å²) in [7, 11) is 0. The van der Waals surface area contributed by atoms with Gasteiger partial charge in [-0.25, -0.2) is 9.37 Å². The molecule has 2 aromatic heterocycles. The summed E-state index contributed by atoms with van der Waals surface area (Å²) < 4.78 is 20.0. The van der Waals surface area contributed by atoms with E-state index in [-0.39, 0.29) is 5.56 Å². The van der Waals surface area contributed by atoms with Crippen LogP contribution in [0, 0.1) is 5.82 Å². The monoisotopic (exact) mass is 403 g/mol. The molecule has 2 heterocycles. The van der Waals surface area contributed by atoms with Crippen molar-refractivity contribution in [1.82, 2.24) is 20.4 Å². The fourth-order valence-electron chi connectivity index (χ4n) is 3.09. The lowest BCUT2D eigenvalue weighted by Crippen LogP contribution is -2.14. The van der Waals surface area contributed by atoms with Gasteiger partial charge in [-0.05, 0) is 60.9 Å². The van der Waals surface area contributed by atoms with Crippen LogP contribution in [0.3, 0.4) is 0 Å². The largest absolute Gasteiger partial charge is 0.374 e. The van der Waals surface area contributed by atoms with Crippen molar-refractivity contribution < 1.29 is 13.9 Å². The van der Waals surface area contributed by atoms with Crippen LogP contribution in [0.15, 0.2) is 54.6 Å². The number of benzene rings is 2. The van der Waals surface area contributed by atoms with Crippen LogP contribution in [0.4, 0.5) is 10.1 Å². The summed E-state index contributed by atoms with van der Waals surface area (Å²) in [4.78, 5) is 17.1. The van der Waals surface area contributed by atoms with Gasteiger partial charge in [0, 0.05) is 11.3 Å². The molecule has 0 bridgehead atoms. The molecule has 4 aromatic rings. The third-order valence-corrected chi connectivity index (χ3v) is 4.91. The van der Waals surface area contributed by atoms with E-state index in [2.05, 4.69) is 25.7 Å². The first kappa shape index (κ1) is 18.4. The molecule has 2 N–H and O–H groups in total. The number of amides is 1. The Morgan fingerprint density at radius 3 is 2.73 bits per heavy atom. The first-order valence-corrected chi connectivity index (χ1v) is 9.65. The Kier molecular flexibility index (Phi) is 4.68. The summed E-state index contributed by atoms with van der Waals surface area (Å²) in [5.74, 6) is -1.13. The van der Waals surface area contributed by atoms with Crippen molar-refractivity contribution in [2.45, 2.75) is 25.6 Å². The van der Waals surface area contributed by atoms with Crippen LogP contribution in [0.1, 0.15) is 28.8 Å². The number of ether oxygens (including phenoxy) is 1. The summed E-state index contributed by atoms with van der Waals surface area (Å²) in [5.41, 5.74) is 3.82. The number of rotatable bonds is 6. The number of aromatic nitrogens is 4. The van der Waals surface area contributed by atoms with E-state index < -0.39 is 11.7 Å². The maximum atomic E-state index is 14.4. The lowest BCUT2D eigenvalue weighted by Gasteiger charge is -2.09. The zero-order valence-corrected chi connectivity index (χ0v) is 15.9. The molecule has 5 rings (SSSR count).